The second-order valence-corrected chi connectivity index (χ2v) is 22.2. The van der Waals surface area contributed by atoms with E-state index in [4.69, 9.17) is 0 Å². The molecule has 0 spiro atoms. The van der Waals surface area contributed by atoms with E-state index in [1.165, 1.54) is 130 Å². The Kier molecular flexibility index (Phi) is 9.51. The molecule has 0 N–H and O–H groups in total. The lowest BCUT2D eigenvalue weighted by Gasteiger charge is -2.34. The van der Waals surface area contributed by atoms with Gasteiger partial charge in [0.05, 0.1) is 22.7 Å². The van der Waals surface area contributed by atoms with Gasteiger partial charge in [0.1, 0.15) is 0 Å². The maximum atomic E-state index is 2.52. The summed E-state index contributed by atoms with van der Waals surface area (Å²) in [7, 11) is 0. The van der Waals surface area contributed by atoms with Crippen LogP contribution in [0.2, 0.25) is 0 Å². The first-order valence-electron chi connectivity index (χ1n) is 25.2. The summed E-state index contributed by atoms with van der Waals surface area (Å²) >= 11 is 3.70. The summed E-state index contributed by atoms with van der Waals surface area (Å²) < 4.78 is 0. The molecule has 0 unspecified atom stereocenters. The largest absolute Gasteiger partial charge is 0.308 e. The molecular weight excluding hydrogens is 921 g/mol. The fourth-order valence-electron chi connectivity index (χ4n) is 12.2. The van der Waals surface area contributed by atoms with E-state index in [0.717, 1.165) is 11.4 Å². The van der Waals surface area contributed by atoms with E-state index in [9.17, 15) is 0 Å². The Hall–Kier alpha value is -8.28. The van der Waals surface area contributed by atoms with E-state index >= 15 is 0 Å². The number of hydrogen-bond donors (Lipinski definition) is 0. The molecule has 0 atom stereocenters. The van der Waals surface area contributed by atoms with E-state index in [-0.39, 0.29) is 5.41 Å². The zero-order valence-corrected chi connectivity index (χ0v) is 41.9. The van der Waals surface area contributed by atoms with Gasteiger partial charge in [-0.1, -0.05) is 189 Å². The van der Waals surface area contributed by atoms with E-state index in [1.807, 2.05) is 23.5 Å². The number of benzene rings is 12. The van der Waals surface area contributed by atoms with E-state index in [1.54, 1.807) is 0 Å². The molecule has 0 bridgehead atoms. The minimum atomic E-state index is -0.173. The van der Waals surface area contributed by atoms with Gasteiger partial charge < -0.3 is 9.80 Å². The second-order valence-electron chi connectivity index (χ2n) is 20.0. The number of hydrogen-bond acceptors (Lipinski definition) is 4. The molecule has 0 radical (unpaired) electrons. The van der Waals surface area contributed by atoms with Crippen molar-refractivity contribution in [3.8, 4) is 44.5 Å². The predicted molar refractivity (Wildman–Crippen MR) is 310 cm³/mol. The molecule has 0 fully saturated rings. The van der Waals surface area contributed by atoms with Crippen molar-refractivity contribution in [2.45, 2.75) is 38.8 Å². The standard InChI is InChI=1S/C69H46N2S2/c1-69(2)57-23-9-8-22-49(57)50-35-32-46(40-58(50)69)67-51-36-33-48(71-61-26-12-16-30-65(61)73-66-31-17-13-27-62(66)71)42-56(51)68(54-39-45-21-7-6-20-44(45)38-53(54)43-18-4-3-5-19-43)52-37-34-47(41-55(52)67)70-59-24-10-14-28-63(59)72-64-29-15-11-25-60(64)70/h3-42H,1-2H3. The van der Waals surface area contributed by atoms with Crippen molar-refractivity contribution < 1.29 is 0 Å². The quantitative estimate of drug-likeness (QED) is 0.159. The fraction of sp³-hybridized carbons (Fsp3) is 0.0435. The van der Waals surface area contributed by atoms with Gasteiger partial charge in [-0.2, -0.15) is 0 Å². The van der Waals surface area contributed by atoms with E-state index in [0.29, 0.717) is 0 Å². The van der Waals surface area contributed by atoms with Crippen LogP contribution in [0, 0.1) is 0 Å². The molecule has 0 aromatic heterocycles. The number of anilines is 6. The van der Waals surface area contributed by atoms with Crippen LogP contribution in [-0.4, -0.2) is 0 Å². The van der Waals surface area contributed by atoms with Crippen LogP contribution in [0.5, 0.6) is 0 Å². The van der Waals surface area contributed by atoms with Crippen LogP contribution in [-0.2, 0) is 5.41 Å². The summed E-state index contributed by atoms with van der Waals surface area (Å²) in [6.07, 6.45) is 0. The van der Waals surface area contributed by atoms with Gasteiger partial charge in [-0.15, -0.1) is 0 Å². The molecule has 2 aliphatic heterocycles. The zero-order chi connectivity index (χ0) is 48.4. The average Bonchev–Trinajstić information content (AvgIpc) is 3.69. The molecule has 12 aromatic carbocycles. The maximum absolute atomic E-state index is 2.52. The highest BCUT2D eigenvalue weighted by atomic mass is 32.2. The molecule has 0 saturated heterocycles. The van der Waals surface area contributed by atoms with Gasteiger partial charge in [-0.3, -0.25) is 0 Å². The van der Waals surface area contributed by atoms with Crippen LogP contribution in [0.3, 0.4) is 0 Å². The van der Waals surface area contributed by atoms with Gasteiger partial charge in [0.25, 0.3) is 0 Å². The molecule has 2 nitrogen and oxygen atoms in total. The van der Waals surface area contributed by atoms with Crippen molar-refractivity contribution in [1.82, 2.24) is 0 Å². The zero-order valence-electron chi connectivity index (χ0n) is 40.3. The maximum Gasteiger partial charge on any atom is 0.0601 e. The summed E-state index contributed by atoms with van der Waals surface area (Å²) in [6.45, 7) is 4.79. The molecule has 12 aromatic rings. The molecule has 73 heavy (non-hydrogen) atoms. The first kappa shape index (κ1) is 42.4. The number of rotatable bonds is 5. The lowest BCUT2D eigenvalue weighted by Crippen LogP contribution is -2.15. The van der Waals surface area contributed by atoms with Gasteiger partial charge in [-0.25, -0.2) is 0 Å². The first-order valence-corrected chi connectivity index (χ1v) is 26.8. The lowest BCUT2D eigenvalue weighted by molar-refractivity contribution is 0.660. The Labute approximate surface area is 434 Å². The number of nitrogens with zero attached hydrogens (tertiary/aromatic N) is 2. The Bertz CT molecular complexity index is 4180. The van der Waals surface area contributed by atoms with Gasteiger partial charge >= 0.3 is 0 Å². The van der Waals surface area contributed by atoms with Crippen LogP contribution >= 0.6 is 23.5 Å². The highest BCUT2D eigenvalue weighted by Gasteiger charge is 2.36. The van der Waals surface area contributed by atoms with Crippen molar-refractivity contribution in [2.75, 3.05) is 9.80 Å². The van der Waals surface area contributed by atoms with Gasteiger partial charge in [0.2, 0.25) is 0 Å². The van der Waals surface area contributed by atoms with Gasteiger partial charge in [0, 0.05) is 36.4 Å². The molecule has 0 amide bonds. The smallest absolute Gasteiger partial charge is 0.0601 e. The summed E-state index contributed by atoms with van der Waals surface area (Å²) in [5.41, 5.74) is 19.5. The highest BCUT2D eigenvalue weighted by molar-refractivity contribution is 8.00. The molecule has 3 aliphatic rings. The minimum Gasteiger partial charge on any atom is -0.308 e. The molecular formula is C69H46N2S2. The third-order valence-electron chi connectivity index (χ3n) is 15.6. The highest BCUT2D eigenvalue weighted by Crippen LogP contribution is 2.57. The molecule has 4 heteroatoms. The molecule has 1 aliphatic carbocycles. The van der Waals surface area contributed by atoms with Crippen LogP contribution in [0.15, 0.2) is 262 Å². The van der Waals surface area contributed by atoms with Gasteiger partial charge in [-0.05, 0) is 179 Å². The van der Waals surface area contributed by atoms with Crippen molar-refractivity contribution in [3.63, 3.8) is 0 Å². The average molecular weight is 967 g/mol. The van der Waals surface area contributed by atoms with Crippen LogP contribution in [0.1, 0.15) is 25.0 Å². The molecule has 344 valence electrons. The van der Waals surface area contributed by atoms with Crippen LogP contribution in [0.4, 0.5) is 34.1 Å². The third kappa shape index (κ3) is 6.54. The lowest BCUT2D eigenvalue weighted by atomic mass is 9.79. The van der Waals surface area contributed by atoms with E-state index in [2.05, 4.69) is 266 Å². The second kappa shape index (κ2) is 16.4. The Balaban J connectivity index is 1.09. The number of para-hydroxylation sites is 4. The Morgan fingerprint density at radius 2 is 0.753 bits per heavy atom. The van der Waals surface area contributed by atoms with Gasteiger partial charge in [0.15, 0.2) is 0 Å². The summed E-state index contributed by atoms with van der Waals surface area (Å²) in [4.78, 5) is 9.95. The monoisotopic (exact) mass is 966 g/mol. The Morgan fingerprint density at radius 3 is 1.33 bits per heavy atom. The molecule has 0 saturated carbocycles. The third-order valence-corrected chi connectivity index (χ3v) is 17.8. The van der Waals surface area contributed by atoms with Crippen molar-refractivity contribution in [3.05, 3.63) is 254 Å². The van der Waals surface area contributed by atoms with Crippen molar-refractivity contribution >= 4 is 90.0 Å². The minimum absolute atomic E-state index is 0.173. The summed E-state index contributed by atoms with van der Waals surface area (Å²) in [5.74, 6) is 0. The fourth-order valence-corrected chi connectivity index (χ4v) is 14.3. The SMILES string of the molecule is CC1(C)c2ccccc2-c2ccc(-c3c4cc(N5c6ccccc6Sc6ccccc65)ccc4c(-c4cc5ccccc5cc4-c4ccccc4)c4cc(N5c6ccccc6Sc6ccccc65)ccc34)cc21. The Morgan fingerprint density at radius 1 is 0.301 bits per heavy atom. The first-order chi connectivity index (χ1) is 36.0. The van der Waals surface area contributed by atoms with E-state index < -0.39 is 0 Å². The normalized spacial score (nSPS) is 13.8. The predicted octanol–water partition coefficient (Wildman–Crippen LogP) is 20.3. The number of fused-ring (bicyclic) bond motifs is 10. The van der Waals surface area contributed by atoms with Crippen LogP contribution < -0.4 is 9.80 Å². The summed E-state index contributed by atoms with van der Waals surface area (Å²) in [5, 5.41) is 7.28. The van der Waals surface area contributed by atoms with Crippen LogP contribution in [0.25, 0.3) is 76.8 Å². The molecule has 2 heterocycles. The topological polar surface area (TPSA) is 6.48 Å². The summed E-state index contributed by atoms with van der Waals surface area (Å²) in [6, 6.07) is 91.0. The molecule has 15 rings (SSSR count). The van der Waals surface area contributed by atoms with Crippen molar-refractivity contribution in [2.24, 2.45) is 0 Å². The van der Waals surface area contributed by atoms with Crippen molar-refractivity contribution in [1.29, 1.82) is 0 Å².